The number of hydrogen-bond acceptors (Lipinski definition) is 4. The summed E-state index contributed by atoms with van der Waals surface area (Å²) < 4.78 is 11.2. The summed E-state index contributed by atoms with van der Waals surface area (Å²) in [6, 6.07) is 7.33. The molecule has 2 rings (SSSR count). The highest BCUT2D eigenvalue weighted by Crippen LogP contribution is 2.31. The Kier molecular flexibility index (Phi) is 4.18. The zero-order chi connectivity index (χ0) is 14.8. The van der Waals surface area contributed by atoms with E-state index >= 15 is 0 Å². The Morgan fingerprint density at radius 2 is 2.10 bits per heavy atom. The first-order chi connectivity index (χ1) is 9.46. The van der Waals surface area contributed by atoms with Gasteiger partial charge in [-0.1, -0.05) is 26.0 Å². The normalized spacial score (nSPS) is 20.4. The molecule has 110 valence electrons. The van der Waals surface area contributed by atoms with Crippen LogP contribution in [0.2, 0.25) is 0 Å². The molecule has 3 N–H and O–H groups in total. The van der Waals surface area contributed by atoms with E-state index in [9.17, 15) is 4.79 Å². The lowest BCUT2D eigenvalue weighted by Crippen LogP contribution is -2.59. The van der Waals surface area contributed by atoms with Gasteiger partial charge in [0.25, 0.3) is 5.91 Å². The molecule has 0 aliphatic carbocycles. The van der Waals surface area contributed by atoms with E-state index in [0.717, 1.165) is 0 Å². The fourth-order valence-corrected chi connectivity index (χ4v) is 1.94. The average molecular weight is 278 g/mol. The molecule has 0 spiro atoms. The van der Waals surface area contributed by atoms with E-state index in [1.807, 2.05) is 39.0 Å². The van der Waals surface area contributed by atoms with E-state index in [4.69, 9.17) is 15.2 Å². The number of hydrogen-bond donors (Lipinski definition) is 2. The second-order valence-corrected chi connectivity index (χ2v) is 5.63. The van der Waals surface area contributed by atoms with Gasteiger partial charge in [0.15, 0.2) is 11.5 Å². The summed E-state index contributed by atoms with van der Waals surface area (Å²) >= 11 is 0. The number of para-hydroxylation sites is 2. The molecule has 1 aliphatic rings. The summed E-state index contributed by atoms with van der Waals surface area (Å²) in [6.07, 6.45) is -0.644. The van der Waals surface area contributed by atoms with E-state index in [2.05, 4.69) is 5.32 Å². The van der Waals surface area contributed by atoms with E-state index in [-0.39, 0.29) is 18.4 Å². The lowest BCUT2D eigenvalue weighted by Gasteiger charge is -2.35. The maximum Gasteiger partial charge on any atom is 0.265 e. The largest absolute Gasteiger partial charge is 0.485 e. The van der Waals surface area contributed by atoms with Crippen LogP contribution < -0.4 is 20.5 Å². The molecule has 0 saturated carbocycles. The van der Waals surface area contributed by atoms with Gasteiger partial charge in [-0.25, -0.2) is 0 Å². The molecule has 1 aromatic carbocycles. The molecule has 0 saturated heterocycles. The van der Waals surface area contributed by atoms with Crippen LogP contribution in [0.1, 0.15) is 20.8 Å². The Bertz CT molecular complexity index is 490. The van der Waals surface area contributed by atoms with Crippen LogP contribution >= 0.6 is 0 Å². The number of carbonyl (C=O) groups is 1. The fraction of sp³-hybridized carbons (Fsp3) is 0.533. The molecule has 2 unspecified atom stereocenters. The summed E-state index contributed by atoms with van der Waals surface area (Å²) in [4.78, 5) is 12.3. The van der Waals surface area contributed by atoms with Crippen LogP contribution in [0.5, 0.6) is 11.5 Å². The molecule has 0 aromatic heterocycles. The van der Waals surface area contributed by atoms with Gasteiger partial charge in [0.2, 0.25) is 6.10 Å². The van der Waals surface area contributed by atoms with Crippen molar-refractivity contribution in [2.45, 2.75) is 32.4 Å². The minimum atomic E-state index is -0.644. The first-order valence-corrected chi connectivity index (χ1v) is 6.87. The second kappa shape index (κ2) is 5.71. The zero-order valence-electron chi connectivity index (χ0n) is 12.2. The topological polar surface area (TPSA) is 73.6 Å². The van der Waals surface area contributed by atoms with Crippen LogP contribution in [0.25, 0.3) is 0 Å². The highest BCUT2D eigenvalue weighted by molar-refractivity contribution is 5.82. The third-order valence-electron chi connectivity index (χ3n) is 3.91. The Hall–Kier alpha value is -1.75. The second-order valence-electron chi connectivity index (χ2n) is 5.63. The van der Waals surface area contributed by atoms with E-state index in [1.165, 1.54) is 0 Å². The maximum atomic E-state index is 12.3. The minimum Gasteiger partial charge on any atom is -0.485 e. The van der Waals surface area contributed by atoms with Crippen molar-refractivity contribution in [3.8, 4) is 11.5 Å². The summed E-state index contributed by atoms with van der Waals surface area (Å²) in [5.74, 6) is 1.30. The van der Waals surface area contributed by atoms with Crippen LogP contribution in [-0.4, -0.2) is 30.7 Å². The quantitative estimate of drug-likeness (QED) is 0.871. The van der Waals surface area contributed by atoms with Gasteiger partial charge < -0.3 is 20.5 Å². The monoisotopic (exact) mass is 278 g/mol. The Morgan fingerprint density at radius 1 is 1.45 bits per heavy atom. The van der Waals surface area contributed by atoms with Crippen LogP contribution in [0.3, 0.4) is 0 Å². The SMILES string of the molecule is CC(C)C(C)(CN)NC(=O)C1COc2ccccc2O1. The molecule has 1 amide bonds. The number of nitrogens with two attached hydrogens (primary N) is 1. The highest BCUT2D eigenvalue weighted by atomic mass is 16.6. The van der Waals surface area contributed by atoms with Gasteiger partial charge in [-0.3, -0.25) is 4.79 Å². The van der Waals surface area contributed by atoms with E-state index in [1.54, 1.807) is 6.07 Å². The highest BCUT2D eigenvalue weighted by Gasteiger charge is 2.34. The van der Waals surface area contributed by atoms with Crippen molar-refractivity contribution in [3.05, 3.63) is 24.3 Å². The number of nitrogens with one attached hydrogen (secondary N) is 1. The van der Waals surface area contributed by atoms with Crippen molar-refractivity contribution in [1.82, 2.24) is 5.32 Å². The number of benzene rings is 1. The number of ether oxygens (including phenoxy) is 2. The van der Waals surface area contributed by atoms with Gasteiger partial charge in [0, 0.05) is 6.54 Å². The van der Waals surface area contributed by atoms with Gasteiger partial charge in [-0.15, -0.1) is 0 Å². The number of carbonyl (C=O) groups excluding carboxylic acids is 1. The smallest absolute Gasteiger partial charge is 0.265 e. The van der Waals surface area contributed by atoms with Crippen molar-refractivity contribution >= 4 is 5.91 Å². The third kappa shape index (κ3) is 2.88. The summed E-state index contributed by atoms with van der Waals surface area (Å²) in [5.41, 5.74) is 5.33. The number of fused-ring (bicyclic) bond motifs is 1. The van der Waals surface area contributed by atoms with Crippen molar-refractivity contribution in [2.24, 2.45) is 11.7 Å². The van der Waals surface area contributed by atoms with Crippen molar-refractivity contribution in [2.75, 3.05) is 13.2 Å². The molecule has 20 heavy (non-hydrogen) atoms. The predicted molar refractivity (Wildman–Crippen MR) is 76.8 cm³/mol. The van der Waals surface area contributed by atoms with Gasteiger partial charge in [-0.05, 0) is 25.0 Å². The zero-order valence-corrected chi connectivity index (χ0v) is 12.2. The maximum absolute atomic E-state index is 12.3. The first-order valence-electron chi connectivity index (χ1n) is 6.87. The lowest BCUT2D eigenvalue weighted by molar-refractivity contribution is -0.132. The molecular weight excluding hydrogens is 256 g/mol. The van der Waals surface area contributed by atoms with E-state index in [0.29, 0.717) is 18.0 Å². The van der Waals surface area contributed by atoms with E-state index < -0.39 is 11.6 Å². The van der Waals surface area contributed by atoms with Gasteiger partial charge >= 0.3 is 0 Å². The Morgan fingerprint density at radius 3 is 2.70 bits per heavy atom. The summed E-state index contributed by atoms with van der Waals surface area (Å²) in [6.45, 7) is 6.58. The average Bonchev–Trinajstić information content (AvgIpc) is 2.46. The standard InChI is InChI=1S/C15H22N2O3/c1-10(2)15(3,9-16)17-14(18)13-8-19-11-6-4-5-7-12(11)20-13/h4-7,10,13H,8-9,16H2,1-3H3,(H,17,18). The number of amides is 1. The van der Waals surface area contributed by atoms with Gasteiger partial charge in [0.1, 0.15) is 6.61 Å². The minimum absolute atomic E-state index is 0.193. The molecule has 1 aromatic rings. The Balaban J connectivity index is 2.05. The first kappa shape index (κ1) is 14.7. The molecular formula is C15H22N2O3. The predicted octanol–water partition coefficient (Wildman–Crippen LogP) is 1.32. The Labute approximate surface area is 119 Å². The molecule has 0 radical (unpaired) electrons. The fourth-order valence-electron chi connectivity index (χ4n) is 1.94. The molecule has 2 atom stereocenters. The van der Waals surface area contributed by atoms with Crippen LogP contribution in [-0.2, 0) is 4.79 Å². The molecule has 1 heterocycles. The van der Waals surface area contributed by atoms with Crippen molar-refractivity contribution in [1.29, 1.82) is 0 Å². The molecule has 0 fully saturated rings. The lowest BCUT2D eigenvalue weighted by atomic mass is 9.88. The van der Waals surface area contributed by atoms with Crippen LogP contribution in [0, 0.1) is 5.92 Å². The number of rotatable bonds is 4. The van der Waals surface area contributed by atoms with Crippen LogP contribution in [0.15, 0.2) is 24.3 Å². The molecule has 1 aliphatic heterocycles. The van der Waals surface area contributed by atoms with Crippen LogP contribution in [0.4, 0.5) is 0 Å². The van der Waals surface area contributed by atoms with Crippen molar-refractivity contribution in [3.63, 3.8) is 0 Å². The summed E-state index contributed by atoms with van der Waals surface area (Å²) in [5, 5.41) is 2.97. The molecule has 5 heteroatoms. The van der Waals surface area contributed by atoms with Gasteiger partial charge in [0.05, 0.1) is 5.54 Å². The molecule has 5 nitrogen and oxygen atoms in total. The molecule has 0 bridgehead atoms. The van der Waals surface area contributed by atoms with Crippen molar-refractivity contribution < 1.29 is 14.3 Å². The summed E-state index contributed by atoms with van der Waals surface area (Å²) in [7, 11) is 0. The third-order valence-corrected chi connectivity index (χ3v) is 3.91. The van der Waals surface area contributed by atoms with Gasteiger partial charge in [-0.2, -0.15) is 0 Å².